The van der Waals surface area contributed by atoms with Gasteiger partial charge in [0.1, 0.15) is 24.8 Å². The molecule has 0 saturated carbocycles. The normalized spacial score (nSPS) is 17.0. The van der Waals surface area contributed by atoms with E-state index >= 15 is 0 Å². The third kappa shape index (κ3) is 7.19. The second kappa shape index (κ2) is 12.5. The molecule has 0 spiro atoms. The van der Waals surface area contributed by atoms with E-state index in [1.54, 1.807) is 12.1 Å². The van der Waals surface area contributed by atoms with Crippen LogP contribution in [0.25, 0.3) is 11.1 Å². The number of nitrogens with zero attached hydrogens (tertiary/aromatic N) is 1. The van der Waals surface area contributed by atoms with Gasteiger partial charge in [-0.25, -0.2) is 4.79 Å². The Hall–Kier alpha value is -4.66. The number of nitrogens with two attached hydrogens (primary N) is 1. The highest BCUT2D eigenvalue weighted by molar-refractivity contribution is 6.03. The van der Waals surface area contributed by atoms with E-state index < -0.39 is 18.0 Å². The predicted molar refractivity (Wildman–Crippen MR) is 141 cm³/mol. The van der Waals surface area contributed by atoms with Crippen LogP contribution in [-0.2, 0) is 25.7 Å². The lowest BCUT2D eigenvalue weighted by Crippen LogP contribution is -2.31. The van der Waals surface area contributed by atoms with E-state index in [1.165, 1.54) is 7.11 Å². The fourth-order valence-corrected chi connectivity index (χ4v) is 4.09. The van der Waals surface area contributed by atoms with Gasteiger partial charge < -0.3 is 25.3 Å². The van der Waals surface area contributed by atoms with Crippen LogP contribution in [0.3, 0.4) is 0 Å². The van der Waals surface area contributed by atoms with Crippen molar-refractivity contribution >= 4 is 23.8 Å². The number of benzene rings is 3. The first kappa shape index (κ1) is 26.4. The van der Waals surface area contributed by atoms with Crippen LogP contribution < -0.4 is 15.8 Å². The van der Waals surface area contributed by atoms with Crippen LogP contribution in [0.5, 0.6) is 5.75 Å². The minimum absolute atomic E-state index is 0.0445. The Morgan fingerprint density at radius 1 is 0.974 bits per heavy atom. The van der Waals surface area contributed by atoms with Gasteiger partial charge in [-0.3, -0.25) is 9.59 Å². The lowest BCUT2D eigenvalue weighted by Gasteiger charge is -2.13. The van der Waals surface area contributed by atoms with E-state index in [0.717, 1.165) is 16.7 Å². The number of methoxy groups -OCH3 is 1. The van der Waals surface area contributed by atoms with Crippen molar-refractivity contribution in [2.24, 2.45) is 16.6 Å². The zero-order valence-corrected chi connectivity index (χ0v) is 21.0. The predicted octanol–water partition coefficient (Wildman–Crippen LogP) is 3.84. The van der Waals surface area contributed by atoms with Gasteiger partial charge in [0.15, 0.2) is 0 Å². The maximum absolute atomic E-state index is 12.3. The molecule has 0 aliphatic carbocycles. The van der Waals surface area contributed by atoms with Gasteiger partial charge in [-0.1, -0.05) is 66.7 Å². The van der Waals surface area contributed by atoms with Gasteiger partial charge in [0.05, 0.1) is 25.5 Å². The summed E-state index contributed by atoms with van der Waals surface area (Å²) in [7, 11) is 1.24. The summed E-state index contributed by atoms with van der Waals surface area (Å²) in [5, 5.41) is 2.90. The maximum atomic E-state index is 12.3. The van der Waals surface area contributed by atoms with Crippen molar-refractivity contribution in [3.05, 3.63) is 90.0 Å². The molecule has 3 aromatic carbocycles. The molecule has 9 heteroatoms. The lowest BCUT2D eigenvalue weighted by atomic mass is 10.0. The molecule has 0 aromatic heterocycles. The van der Waals surface area contributed by atoms with Gasteiger partial charge in [-0.15, -0.1) is 0 Å². The molecule has 4 rings (SSSR count). The van der Waals surface area contributed by atoms with E-state index in [0.29, 0.717) is 24.3 Å². The number of hydrogen-bond donors (Lipinski definition) is 2. The lowest BCUT2D eigenvalue weighted by molar-refractivity contribution is -0.147. The second-order valence-corrected chi connectivity index (χ2v) is 8.87. The minimum Gasteiger partial charge on any atom is -0.491 e. The Balaban J connectivity index is 1.24. The van der Waals surface area contributed by atoms with Crippen molar-refractivity contribution < 1.29 is 28.6 Å². The molecule has 0 unspecified atom stereocenters. The second-order valence-electron chi connectivity index (χ2n) is 8.87. The Morgan fingerprint density at radius 3 is 2.29 bits per heavy atom. The number of amides is 2. The minimum atomic E-state index is -0.754. The molecular weight excluding hydrogens is 486 g/mol. The van der Waals surface area contributed by atoms with Crippen LogP contribution in [-0.4, -0.2) is 43.6 Å². The zero-order chi connectivity index (χ0) is 26.9. The van der Waals surface area contributed by atoms with E-state index in [4.69, 9.17) is 15.2 Å². The van der Waals surface area contributed by atoms with E-state index in [2.05, 4.69) is 15.0 Å². The Kier molecular flexibility index (Phi) is 8.71. The fourth-order valence-electron chi connectivity index (χ4n) is 4.09. The quantitative estimate of drug-likeness (QED) is 0.252. The van der Waals surface area contributed by atoms with Gasteiger partial charge in [0.2, 0.25) is 5.91 Å². The zero-order valence-electron chi connectivity index (χ0n) is 21.0. The number of aliphatic imine (C=N–C) groups is 1. The summed E-state index contributed by atoms with van der Waals surface area (Å²) in [6, 6.07) is 24.1. The summed E-state index contributed by atoms with van der Waals surface area (Å²) in [4.78, 5) is 39.4. The summed E-state index contributed by atoms with van der Waals surface area (Å²) in [6.07, 6.45) is -0.203. The van der Waals surface area contributed by atoms with Crippen molar-refractivity contribution in [2.75, 3.05) is 13.7 Å². The SMILES string of the molecule is COC(=O)N=C(N)c1ccc(-c2ccc(OC[C@@H]3C[C@@H](CC(=O)OCc4ccccc4)C(=O)N3)cc2)cc1. The summed E-state index contributed by atoms with van der Waals surface area (Å²) in [5.41, 5.74) is 9.26. The van der Waals surface area contributed by atoms with Crippen molar-refractivity contribution in [3.8, 4) is 16.9 Å². The van der Waals surface area contributed by atoms with Crippen LogP contribution in [0.1, 0.15) is 24.0 Å². The van der Waals surface area contributed by atoms with Crippen molar-refractivity contribution in [1.82, 2.24) is 5.32 Å². The molecule has 1 fully saturated rings. The Bertz CT molecular complexity index is 1290. The summed E-state index contributed by atoms with van der Waals surface area (Å²) < 4.78 is 15.7. The smallest absolute Gasteiger partial charge is 0.435 e. The van der Waals surface area contributed by atoms with Crippen LogP contribution in [0.15, 0.2) is 83.9 Å². The molecular formula is C29H29N3O6. The number of carbonyl (C=O) groups excluding carboxylic acids is 3. The topological polar surface area (TPSA) is 129 Å². The van der Waals surface area contributed by atoms with Crippen LogP contribution in [0, 0.1) is 5.92 Å². The first-order chi connectivity index (χ1) is 18.4. The maximum Gasteiger partial charge on any atom is 0.435 e. The van der Waals surface area contributed by atoms with Crippen molar-refractivity contribution in [1.29, 1.82) is 0 Å². The molecule has 38 heavy (non-hydrogen) atoms. The number of carbonyl (C=O) groups is 3. The molecule has 1 aliphatic rings. The summed E-state index contributed by atoms with van der Waals surface area (Å²) >= 11 is 0. The van der Waals surface area contributed by atoms with Crippen LogP contribution in [0.4, 0.5) is 4.79 Å². The molecule has 1 saturated heterocycles. The van der Waals surface area contributed by atoms with Crippen LogP contribution in [0.2, 0.25) is 0 Å². The molecule has 196 valence electrons. The Labute approximate surface area is 220 Å². The molecule has 0 bridgehead atoms. The van der Waals surface area contributed by atoms with Gasteiger partial charge >= 0.3 is 12.1 Å². The van der Waals surface area contributed by atoms with Gasteiger partial charge in [-0.2, -0.15) is 4.99 Å². The van der Waals surface area contributed by atoms with Crippen molar-refractivity contribution in [2.45, 2.75) is 25.5 Å². The number of hydrogen-bond acceptors (Lipinski definition) is 6. The molecule has 0 radical (unpaired) electrons. The van der Waals surface area contributed by atoms with Crippen molar-refractivity contribution in [3.63, 3.8) is 0 Å². The molecule has 1 aliphatic heterocycles. The first-order valence-electron chi connectivity index (χ1n) is 12.2. The molecule has 3 aromatic rings. The van der Waals surface area contributed by atoms with Gasteiger partial charge in [0.25, 0.3) is 0 Å². The standard InChI is InChI=1S/C29H29N3O6/c1-36-29(35)32-27(30)22-9-7-20(8-10-22)21-11-13-25(14-12-21)37-18-24-15-23(28(34)31-24)16-26(33)38-17-19-5-3-2-4-6-19/h2-14,23-24H,15-18H2,1H3,(H,31,34)(H2,30,32,35)/t23-,24-/m0/s1. The van der Waals surface area contributed by atoms with Crippen LogP contribution >= 0.6 is 0 Å². The first-order valence-corrected chi connectivity index (χ1v) is 12.2. The number of esters is 1. The highest BCUT2D eigenvalue weighted by Crippen LogP contribution is 2.25. The largest absolute Gasteiger partial charge is 0.491 e. The number of amidine groups is 1. The monoisotopic (exact) mass is 515 g/mol. The van der Waals surface area contributed by atoms with E-state index in [1.807, 2.05) is 66.7 Å². The average molecular weight is 516 g/mol. The summed E-state index contributed by atoms with van der Waals surface area (Å²) in [5.74, 6) is -0.231. The number of nitrogens with one attached hydrogen (secondary N) is 1. The van der Waals surface area contributed by atoms with E-state index in [-0.39, 0.29) is 30.8 Å². The average Bonchev–Trinajstić information content (AvgIpc) is 3.30. The molecule has 9 nitrogen and oxygen atoms in total. The summed E-state index contributed by atoms with van der Waals surface area (Å²) in [6.45, 7) is 0.493. The molecule has 3 N–H and O–H groups in total. The third-order valence-electron chi connectivity index (χ3n) is 6.15. The number of rotatable bonds is 9. The highest BCUT2D eigenvalue weighted by atomic mass is 16.5. The number of ether oxygens (including phenoxy) is 3. The highest BCUT2D eigenvalue weighted by Gasteiger charge is 2.34. The fraction of sp³-hybridized carbons (Fsp3) is 0.241. The van der Waals surface area contributed by atoms with Gasteiger partial charge in [0, 0.05) is 5.56 Å². The van der Waals surface area contributed by atoms with E-state index in [9.17, 15) is 14.4 Å². The molecule has 1 heterocycles. The Morgan fingerprint density at radius 2 is 1.63 bits per heavy atom. The van der Waals surface area contributed by atoms with Gasteiger partial charge in [-0.05, 0) is 35.2 Å². The molecule has 2 amide bonds. The third-order valence-corrected chi connectivity index (χ3v) is 6.15. The molecule has 2 atom stereocenters.